The minimum Gasteiger partial charge on any atom is -0.379 e. The molecule has 5 nitrogen and oxygen atoms in total. The Kier molecular flexibility index (Phi) is 3.71. The normalized spacial score (nSPS) is 21.0. The van der Waals surface area contributed by atoms with Gasteiger partial charge in [-0.05, 0) is 13.5 Å². The Labute approximate surface area is 88.7 Å². The predicted octanol–water partition coefficient (Wildman–Crippen LogP) is 0.700. The van der Waals surface area contributed by atoms with Gasteiger partial charge in [-0.1, -0.05) is 5.16 Å². The molecule has 5 heteroatoms. The van der Waals surface area contributed by atoms with Crippen LogP contribution in [-0.2, 0) is 22.6 Å². The SMILES string of the molecule is CNCc1cc(COC2CCOC2)on1. The smallest absolute Gasteiger partial charge is 0.162 e. The van der Waals surface area contributed by atoms with Crippen LogP contribution in [0.4, 0.5) is 0 Å². The number of aromatic nitrogens is 1. The van der Waals surface area contributed by atoms with E-state index in [2.05, 4.69) is 10.5 Å². The zero-order valence-electron chi connectivity index (χ0n) is 8.86. The summed E-state index contributed by atoms with van der Waals surface area (Å²) in [5.41, 5.74) is 0.902. The quantitative estimate of drug-likeness (QED) is 0.778. The third-order valence-corrected chi connectivity index (χ3v) is 2.31. The number of hydrogen-bond donors (Lipinski definition) is 1. The fourth-order valence-corrected chi connectivity index (χ4v) is 1.53. The standard InChI is InChI=1S/C10H16N2O3/c1-11-5-8-4-10(15-12-8)7-14-9-2-3-13-6-9/h4,9,11H,2-3,5-7H2,1H3. The summed E-state index contributed by atoms with van der Waals surface area (Å²) in [5, 5.41) is 6.91. The maximum atomic E-state index is 5.60. The summed E-state index contributed by atoms with van der Waals surface area (Å²) in [5.74, 6) is 0.771. The van der Waals surface area contributed by atoms with Gasteiger partial charge in [0.25, 0.3) is 0 Å². The first kappa shape index (κ1) is 10.6. The van der Waals surface area contributed by atoms with Crippen molar-refractivity contribution < 1.29 is 14.0 Å². The van der Waals surface area contributed by atoms with Crippen molar-refractivity contribution in [3.05, 3.63) is 17.5 Å². The lowest BCUT2D eigenvalue weighted by atomic mass is 10.3. The second-order valence-electron chi connectivity index (χ2n) is 3.61. The third-order valence-electron chi connectivity index (χ3n) is 2.31. The molecule has 2 rings (SSSR count). The first-order valence-corrected chi connectivity index (χ1v) is 5.17. The molecule has 0 radical (unpaired) electrons. The van der Waals surface area contributed by atoms with Gasteiger partial charge in [-0.25, -0.2) is 0 Å². The molecule has 0 bridgehead atoms. The van der Waals surface area contributed by atoms with Gasteiger partial charge in [-0.15, -0.1) is 0 Å². The summed E-state index contributed by atoms with van der Waals surface area (Å²) < 4.78 is 15.9. The molecule has 2 heterocycles. The van der Waals surface area contributed by atoms with E-state index in [4.69, 9.17) is 14.0 Å². The van der Waals surface area contributed by atoms with Gasteiger partial charge in [0.15, 0.2) is 5.76 Å². The minimum atomic E-state index is 0.211. The Morgan fingerprint density at radius 2 is 2.60 bits per heavy atom. The van der Waals surface area contributed by atoms with Gasteiger partial charge in [-0.2, -0.15) is 0 Å². The minimum absolute atomic E-state index is 0.211. The van der Waals surface area contributed by atoms with Gasteiger partial charge < -0.3 is 19.3 Å². The lowest BCUT2D eigenvalue weighted by Crippen LogP contribution is -2.11. The van der Waals surface area contributed by atoms with Crippen LogP contribution in [0, 0.1) is 0 Å². The van der Waals surface area contributed by atoms with Crippen LogP contribution in [0.5, 0.6) is 0 Å². The van der Waals surface area contributed by atoms with E-state index >= 15 is 0 Å². The summed E-state index contributed by atoms with van der Waals surface area (Å²) in [6.45, 7) is 2.68. The van der Waals surface area contributed by atoms with Crippen molar-refractivity contribution in [2.24, 2.45) is 0 Å². The first-order chi connectivity index (χ1) is 7.38. The van der Waals surface area contributed by atoms with Crippen LogP contribution >= 0.6 is 0 Å². The number of ether oxygens (including phenoxy) is 2. The molecule has 1 aliphatic rings. The average molecular weight is 212 g/mol. The van der Waals surface area contributed by atoms with Gasteiger partial charge in [0.1, 0.15) is 6.61 Å². The molecule has 1 aromatic heterocycles. The number of hydrogen-bond acceptors (Lipinski definition) is 5. The van der Waals surface area contributed by atoms with E-state index in [1.807, 2.05) is 13.1 Å². The highest BCUT2D eigenvalue weighted by atomic mass is 16.6. The molecule has 1 atom stereocenters. The van der Waals surface area contributed by atoms with E-state index in [-0.39, 0.29) is 6.10 Å². The molecular formula is C10H16N2O3. The van der Waals surface area contributed by atoms with Crippen LogP contribution in [-0.4, -0.2) is 31.5 Å². The highest BCUT2D eigenvalue weighted by Gasteiger charge is 2.16. The van der Waals surface area contributed by atoms with Gasteiger partial charge >= 0.3 is 0 Å². The van der Waals surface area contributed by atoms with Crippen molar-refractivity contribution in [3.8, 4) is 0 Å². The monoisotopic (exact) mass is 212 g/mol. The van der Waals surface area contributed by atoms with E-state index in [9.17, 15) is 0 Å². The van der Waals surface area contributed by atoms with Crippen LogP contribution in [0.1, 0.15) is 17.9 Å². The van der Waals surface area contributed by atoms with Crippen LogP contribution in [0.15, 0.2) is 10.6 Å². The Morgan fingerprint density at radius 3 is 3.33 bits per heavy atom. The summed E-state index contributed by atoms with van der Waals surface area (Å²) in [4.78, 5) is 0. The number of nitrogens with one attached hydrogen (secondary N) is 1. The van der Waals surface area contributed by atoms with Gasteiger partial charge in [-0.3, -0.25) is 0 Å². The van der Waals surface area contributed by atoms with Gasteiger partial charge in [0, 0.05) is 19.2 Å². The lowest BCUT2D eigenvalue weighted by molar-refractivity contribution is 0.0212. The third kappa shape index (κ3) is 3.02. The van der Waals surface area contributed by atoms with Crippen molar-refractivity contribution in [3.63, 3.8) is 0 Å². The molecule has 1 aliphatic heterocycles. The van der Waals surface area contributed by atoms with Crippen molar-refractivity contribution in [2.75, 3.05) is 20.3 Å². The Balaban J connectivity index is 1.77. The van der Waals surface area contributed by atoms with Crippen LogP contribution in [0.25, 0.3) is 0 Å². The van der Waals surface area contributed by atoms with Crippen LogP contribution in [0.3, 0.4) is 0 Å². The average Bonchev–Trinajstić information content (AvgIpc) is 2.85. The molecule has 1 unspecified atom stereocenters. The second-order valence-corrected chi connectivity index (χ2v) is 3.61. The van der Waals surface area contributed by atoms with Gasteiger partial charge in [0.2, 0.25) is 0 Å². The zero-order chi connectivity index (χ0) is 10.5. The molecule has 0 amide bonds. The predicted molar refractivity (Wildman–Crippen MR) is 53.3 cm³/mol. The van der Waals surface area contributed by atoms with Crippen molar-refractivity contribution in [1.29, 1.82) is 0 Å². The summed E-state index contributed by atoms with van der Waals surface area (Å²) >= 11 is 0. The lowest BCUT2D eigenvalue weighted by Gasteiger charge is -2.06. The summed E-state index contributed by atoms with van der Waals surface area (Å²) in [6.07, 6.45) is 1.18. The first-order valence-electron chi connectivity index (χ1n) is 5.17. The van der Waals surface area contributed by atoms with E-state index in [1.165, 1.54) is 0 Å². The summed E-state index contributed by atoms with van der Waals surface area (Å²) in [6, 6.07) is 1.91. The van der Waals surface area contributed by atoms with E-state index in [0.717, 1.165) is 31.0 Å². The van der Waals surface area contributed by atoms with Crippen LogP contribution in [0.2, 0.25) is 0 Å². The van der Waals surface area contributed by atoms with Gasteiger partial charge in [0.05, 0.1) is 18.4 Å². The van der Waals surface area contributed by atoms with E-state index in [1.54, 1.807) is 0 Å². The summed E-state index contributed by atoms with van der Waals surface area (Å²) in [7, 11) is 1.88. The zero-order valence-corrected chi connectivity index (χ0v) is 8.86. The highest BCUT2D eigenvalue weighted by Crippen LogP contribution is 2.12. The molecule has 1 aromatic rings. The Hall–Kier alpha value is -0.910. The van der Waals surface area contributed by atoms with Crippen LogP contribution < -0.4 is 5.32 Å². The molecule has 0 aliphatic carbocycles. The molecule has 0 saturated carbocycles. The van der Waals surface area contributed by atoms with E-state index < -0.39 is 0 Å². The molecule has 0 spiro atoms. The molecule has 1 fully saturated rings. The topological polar surface area (TPSA) is 56.5 Å². The maximum absolute atomic E-state index is 5.60. The molecule has 84 valence electrons. The molecule has 0 aromatic carbocycles. The Morgan fingerprint density at radius 1 is 1.67 bits per heavy atom. The van der Waals surface area contributed by atoms with Crippen molar-refractivity contribution >= 4 is 0 Å². The number of rotatable bonds is 5. The van der Waals surface area contributed by atoms with Crippen molar-refractivity contribution in [1.82, 2.24) is 10.5 Å². The maximum Gasteiger partial charge on any atom is 0.162 e. The second kappa shape index (κ2) is 5.25. The largest absolute Gasteiger partial charge is 0.379 e. The Bertz CT molecular complexity index is 295. The fourth-order valence-electron chi connectivity index (χ4n) is 1.53. The fraction of sp³-hybridized carbons (Fsp3) is 0.700. The molecular weight excluding hydrogens is 196 g/mol. The molecule has 1 N–H and O–H groups in total. The van der Waals surface area contributed by atoms with E-state index in [0.29, 0.717) is 13.2 Å². The highest BCUT2D eigenvalue weighted by molar-refractivity contribution is 5.04. The number of nitrogens with zero attached hydrogens (tertiary/aromatic N) is 1. The molecule has 1 saturated heterocycles. The molecule has 15 heavy (non-hydrogen) atoms. The van der Waals surface area contributed by atoms with Crippen molar-refractivity contribution in [2.45, 2.75) is 25.7 Å².